The SMILES string of the molecule is O=C(CN1CCOCC1)c1ccc2nc[nH]c2c1. The molecule has 5 heteroatoms. The lowest BCUT2D eigenvalue weighted by Gasteiger charge is -2.25. The molecule has 0 aliphatic carbocycles. The van der Waals surface area contributed by atoms with E-state index in [4.69, 9.17) is 4.74 Å². The van der Waals surface area contributed by atoms with E-state index >= 15 is 0 Å². The van der Waals surface area contributed by atoms with Crippen LogP contribution in [0.2, 0.25) is 0 Å². The lowest BCUT2D eigenvalue weighted by Crippen LogP contribution is -2.39. The van der Waals surface area contributed by atoms with Gasteiger partial charge in [0.2, 0.25) is 0 Å². The molecule has 0 bridgehead atoms. The van der Waals surface area contributed by atoms with Crippen LogP contribution < -0.4 is 0 Å². The summed E-state index contributed by atoms with van der Waals surface area (Å²) in [6, 6.07) is 5.58. The maximum Gasteiger partial charge on any atom is 0.176 e. The number of fused-ring (bicyclic) bond motifs is 1. The number of imidazole rings is 1. The van der Waals surface area contributed by atoms with Crippen molar-refractivity contribution >= 4 is 16.8 Å². The summed E-state index contributed by atoms with van der Waals surface area (Å²) in [5.41, 5.74) is 2.53. The van der Waals surface area contributed by atoms with Crippen LogP contribution in [0.4, 0.5) is 0 Å². The van der Waals surface area contributed by atoms with Crippen molar-refractivity contribution < 1.29 is 9.53 Å². The minimum Gasteiger partial charge on any atom is -0.379 e. The average Bonchev–Trinajstić information content (AvgIpc) is 2.87. The lowest BCUT2D eigenvalue weighted by molar-refractivity contribution is 0.0371. The summed E-state index contributed by atoms with van der Waals surface area (Å²) in [4.78, 5) is 21.5. The minimum absolute atomic E-state index is 0.147. The molecular formula is C13H15N3O2. The summed E-state index contributed by atoms with van der Waals surface area (Å²) in [7, 11) is 0. The van der Waals surface area contributed by atoms with Crippen molar-refractivity contribution in [3.8, 4) is 0 Å². The third-order valence-corrected chi connectivity index (χ3v) is 3.21. The molecule has 1 aliphatic heterocycles. The first-order valence-corrected chi connectivity index (χ1v) is 6.09. The van der Waals surface area contributed by atoms with Crippen molar-refractivity contribution in [1.29, 1.82) is 0 Å². The van der Waals surface area contributed by atoms with Crippen LogP contribution in [-0.4, -0.2) is 53.5 Å². The number of carbonyl (C=O) groups excluding carboxylic acids is 1. The number of nitrogens with one attached hydrogen (secondary N) is 1. The molecule has 18 heavy (non-hydrogen) atoms. The smallest absolute Gasteiger partial charge is 0.176 e. The number of rotatable bonds is 3. The zero-order chi connectivity index (χ0) is 12.4. The van der Waals surface area contributed by atoms with Gasteiger partial charge in [-0.05, 0) is 18.2 Å². The predicted molar refractivity (Wildman–Crippen MR) is 67.7 cm³/mol. The van der Waals surface area contributed by atoms with Crippen molar-refractivity contribution in [2.45, 2.75) is 0 Å². The number of carbonyl (C=O) groups is 1. The maximum absolute atomic E-state index is 12.2. The van der Waals surface area contributed by atoms with Crippen molar-refractivity contribution in [3.63, 3.8) is 0 Å². The third-order valence-electron chi connectivity index (χ3n) is 3.21. The van der Waals surface area contributed by atoms with E-state index in [9.17, 15) is 4.79 Å². The summed E-state index contributed by atoms with van der Waals surface area (Å²) in [6.07, 6.45) is 1.64. The van der Waals surface area contributed by atoms with Crippen LogP contribution in [0, 0.1) is 0 Å². The monoisotopic (exact) mass is 245 g/mol. The fourth-order valence-corrected chi connectivity index (χ4v) is 2.16. The number of Topliss-reactive ketones (excluding diaryl/α,β-unsaturated/α-hetero) is 1. The van der Waals surface area contributed by atoms with E-state index in [0.717, 1.165) is 29.7 Å². The van der Waals surface area contributed by atoms with Gasteiger partial charge in [0, 0.05) is 18.7 Å². The Labute approximate surface area is 105 Å². The summed E-state index contributed by atoms with van der Waals surface area (Å²) < 4.78 is 5.27. The van der Waals surface area contributed by atoms with E-state index in [1.54, 1.807) is 6.33 Å². The number of aromatic nitrogens is 2. The summed E-state index contributed by atoms with van der Waals surface area (Å²) >= 11 is 0. The average molecular weight is 245 g/mol. The molecule has 1 aliphatic rings. The molecule has 0 amide bonds. The highest BCUT2D eigenvalue weighted by Gasteiger charge is 2.15. The molecular weight excluding hydrogens is 230 g/mol. The number of ether oxygens (including phenoxy) is 1. The fourth-order valence-electron chi connectivity index (χ4n) is 2.16. The van der Waals surface area contributed by atoms with E-state index in [1.807, 2.05) is 18.2 Å². The number of hydrogen-bond donors (Lipinski definition) is 1. The van der Waals surface area contributed by atoms with Gasteiger partial charge >= 0.3 is 0 Å². The molecule has 1 aromatic carbocycles. The second kappa shape index (κ2) is 4.88. The summed E-state index contributed by atoms with van der Waals surface area (Å²) in [5, 5.41) is 0. The van der Waals surface area contributed by atoms with Crippen molar-refractivity contribution in [1.82, 2.24) is 14.9 Å². The van der Waals surface area contributed by atoms with Gasteiger partial charge in [0.25, 0.3) is 0 Å². The van der Waals surface area contributed by atoms with Gasteiger partial charge in [-0.1, -0.05) is 0 Å². The van der Waals surface area contributed by atoms with Gasteiger partial charge in [-0.2, -0.15) is 0 Å². The molecule has 1 N–H and O–H groups in total. The molecule has 0 saturated carbocycles. The summed E-state index contributed by atoms with van der Waals surface area (Å²) in [5.74, 6) is 0.147. The van der Waals surface area contributed by atoms with Crippen LogP contribution in [0.3, 0.4) is 0 Å². The highest BCUT2D eigenvalue weighted by molar-refractivity contribution is 6.00. The Morgan fingerprint density at radius 1 is 1.39 bits per heavy atom. The van der Waals surface area contributed by atoms with Gasteiger partial charge in [0.15, 0.2) is 5.78 Å². The van der Waals surface area contributed by atoms with Crippen LogP contribution in [0.1, 0.15) is 10.4 Å². The zero-order valence-electron chi connectivity index (χ0n) is 10.1. The number of H-pyrrole nitrogens is 1. The number of benzene rings is 1. The highest BCUT2D eigenvalue weighted by atomic mass is 16.5. The second-order valence-corrected chi connectivity index (χ2v) is 4.45. The Balaban J connectivity index is 1.74. The van der Waals surface area contributed by atoms with Crippen molar-refractivity contribution in [3.05, 3.63) is 30.1 Å². The van der Waals surface area contributed by atoms with Gasteiger partial charge in [-0.3, -0.25) is 9.69 Å². The number of morpholine rings is 1. The summed E-state index contributed by atoms with van der Waals surface area (Å²) in [6.45, 7) is 3.55. The topological polar surface area (TPSA) is 58.2 Å². The molecule has 0 radical (unpaired) electrons. The Morgan fingerprint density at radius 2 is 2.22 bits per heavy atom. The molecule has 1 saturated heterocycles. The molecule has 2 heterocycles. The number of aromatic amines is 1. The first-order chi connectivity index (χ1) is 8.83. The van der Waals surface area contributed by atoms with E-state index in [0.29, 0.717) is 19.8 Å². The Kier molecular flexibility index (Phi) is 3.08. The number of nitrogens with zero attached hydrogens (tertiary/aromatic N) is 2. The van der Waals surface area contributed by atoms with Crippen LogP contribution >= 0.6 is 0 Å². The van der Waals surface area contributed by atoms with Gasteiger partial charge in [-0.15, -0.1) is 0 Å². The van der Waals surface area contributed by atoms with E-state index in [-0.39, 0.29) is 5.78 Å². The fraction of sp³-hybridized carbons (Fsp3) is 0.385. The molecule has 0 spiro atoms. The Morgan fingerprint density at radius 3 is 3.06 bits per heavy atom. The van der Waals surface area contributed by atoms with E-state index < -0.39 is 0 Å². The van der Waals surface area contributed by atoms with Crippen LogP contribution in [0.15, 0.2) is 24.5 Å². The zero-order valence-corrected chi connectivity index (χ0v) is 10.1. The van der Waals surface area contributed by atoms with Crippen molar-refractivity contribution in [2.24, 2.45) is 0 Å². The normalized spacial score (nSPS) is 17.1. The second-order valence-electron chi connectivity index (χ2n) is 4.45. The van der Waals surface area contributed by atoms with Crippen LogP contribution in [-0.2, 0) is 4.74 Å². The standard InChI is InChI=1S/C13H15N3O2/c17-13(8-16-3-5-18-6-4-16)10-1-2-11-12(7-10)15-9-14-11/h1-2,7,9H,3-6,8H2,(H,14,15). The number of hydrogen-bond acceptors (Lipinski definition) is 4. The van der Waals surface area contributed by atoms with Gasteiger partial charge < -0.3 is 9.72 Å². The highest BCUT2D eigenvalue weighted by Crippen LogP contribution is 2.12. The number of ketones is 1. The molecule has 3 rings (SSSR count). The molecule has 94 valence electrons. The van der Waals surface area contributed by atoms with Gasteiger partial charge in [0.1, 0.15) is 0 Å². The molecule has 2 aromatic rings. The van der Waals surface area contributed by atoms with Gasteiger partial charge in [-0.25, -0.2) is 4.98 Å². The first-order valence-electron chi connectivity index (χ1n) is 6.09. The molecule has 0 atom stereocenters. The third kappa shape index (κ3) is 2.27. The van der Waals surface area contributed by atoms with E-state index in [2.05, 4.69) is 14.9 Å². The van der Waals surface area contributed by atoms with Crippen LogP contribution in [0.25, 0.3) is 11.0 Å². The van der Waals surface area contributed by atoms with E-state index in [1.165, 1.54) is 0 Å². The Hall–Kier alpha value is -1.72. The van der Waals surface area contributed by atoms with Gasteiger partial charge in [0.05, 0.1) is 37.1 Å². The molecule has 0 unspecified atom stereocenters. The predicted octanol–water partition coefficient (Wildman–Crippen LogP) is 1.08. The van der Waals surface area contributed by atoms with Crippen molar-refractivity contribution in [2.75, 3.05) is 32.8 Å². The van der Waals surface area contributed by atoms with Crippen LogP contribution in [0.5, 0.6) is 0 Å². The Bertz CT molecular complexity index is 558. The largest absolute Gasteiger partial charge is 0.379 e. The lowest BCUT2D eigenvalue weighted by atomic mass is 10.1. The molecule has 1 fully saturated rings. The molecule has 5 nitrogen and oxygen atoms in total. The maximum atomic E-state index is 12.2. The quantitative estimate of drug-likeness (QED) is 0.822. The molecule has 1 aromatic heterocycles. The first kappa shape index (κ1) is 11.4. The minimum atomic E-state index is 0.147.